The van der Waals surface area contributed by atoms with E-state index in [2.05, 4.69) is 10.6 Å². The molecule has 0 radical (unpaired) electrons. The van der Waals surface area contributed by atoms with Gasteiger partial charge < -0.3 is 20.2 Å². The molecule has 5 nitrogen and oxygen atoms in total. The molecule has 2 amide bonds. The van der Waals surface area contributed by atoms with Crippen LogP contribution in [0.4, 0.5) is 4.79 Å². The molecule has 2 aromatic heterocycles. The summed E-state index contributed by atoms with van der Waals surface area (Å²) in [6.45, 7) is 3.78. The molecule has 0 saturated carbocycles. The number of hydrogen-bond acceptors (Lipinski definition) is 4. The van der Waals surface area contributed by atoms with Gasteiger partial charge in [0, 0.05) is 11.6 Å². The maximum absolute atomic E-state index is 11.7. The Morgan fingerprint density at radius 3 is 2.85 bits per heavy atom. The number of rotatable bonds is 5. The number of urea groups is 1. The molecule has 108 valence electrons. The third kappa shape index (κ3) is 3.20. The van der Waals surface area contributed by atoms with Gasteiger partial charge in [-0.15, -0.1) is 0 Å². The summed E-state index contributed by atoms with van der Waals surface area (Å²) < 4.78 is 5.32. The van der Waals surface area contributed by atoms with Crippen LogP contribution in [0.1, 0.15) is 25.2 Å². The standard InChI is InChI=1S/C14H18N2O3S/c1-10(2)16-13(17)15-9-14(18,11-5-7-20-8-11)12-4-3-6-19-12/h3-8,10,18H,9H2,1-2H3,(H2,15,16,17)/t14-/m1/s1. The number of aliphatic hydroxyl groups is 1. The Kier molecular flexibility index (Phi) is 4.46. The van der Waals surface area contributed by atoms with Gasteiger partial charge in [0.1, 0.15) is 5.76 Å². The van der Waals surface area contributed by atoms with Gasteiger partial charge in [0.05, 0.1) is 12.8 Å². The number of hydrogen-bond donors (Lipinski definition) is 3. The van der Waals surface area contributed by atoms with Crippen molar-refractivity contribution in [3.8, 4) is 0 Å². The fourth-order valence-electron chi connectivity index (χ4n) is 1.87. The zero-order valence-corrected chi connectivity index (χ0v) is 12.2. The molecule has 0 spiro atoms. The quantitative estimate of drug-likeness (QED) is 0.792. The number of carbonyl (C=O) groups is 1. The Morgan fingerprint density at radius 1 is 1.50 bits per heavy atom. The van der Waals surface area contributed by atoms with Gasteiger partial charge in [0.2, 0.25) is 0 Å². The van der Waals surface area contributed by atoms with Crippen LogP contribution in [0.25, 0.3) is 0 Å². The van der Waals surface area contributed by atoms with E-state index in [4.69, 9.17) is 4.42 Å². The molecular formula is C14H18N2O3S. The number of thiophene rings is 1. The second-order valence-corrected chi connectivity index (χ2v) is 5.61. The second-order valence-electron chi connectivity index (χ2n) is 4.83. The van der Waals surface area contributed by atoms with Crippen LogP contribution in [-0.4, -0.2) is 23.7 Å². The van der Waals surface area contributed by atoms with Crippen molar-refractivity contribution in [1.29, 1.82) is 0 Å². The van der Waals surface area contributed by atoms with Gasteiger partial charge in [-0.2, -0.15) is 11.3 Å². The highest BCUT2D eigenvalue weighted by Crippen LogP contribution is 2.30. The van der Waals surface area contributed by atoms with Gasteiger partial charge in [0.15, 0.2) is 5.60 Å². The minimum atomic E-state index is -1.36. The monoisotopic (exact) mass is 294 g/mol. The van der Waals surface area contributed by atoms with E-state index in [0.717, 1.165) is 0 Å². The summed E-state index contributed by atoms with van der Waals surface area (Å²) in [5.41, 5.74) is -0.667. The summed E-state index contributed by atoms with van der Waals surface area (Å²) in [5.74, 6) is 0.403. The maximum atomic E-state index is 11.7. The van der Waals surface area contributed by atoms with E-state index < -0.39 is 5.60 Å². The molecule has 0 aliphatic heterocycles. The van der Waals surface area contributed by atoms with Crippen molar-refractivity contribution in [2.75, 3.05) is 6.54 Å². The first-order valence-corrected chi connectivity index (χ1v) is 7.30. The molecule has 0 bridgehead atoms. The molecule has 2 aromatic rings. The molecule has 0 fully saturated rings. The van der Waals surface area contributed by atoms with Crippen LogP contribution in [0.15, 0.2) is 39.6 Å². The topological polar surface area (TPSA) is 74.5 Å². The molecule has 0 aliphatic rings. The van der Waals surface area contributed by atoms with Gasteiger partial charge in [0.25, 0.3) is 0 Å². The zero-order valence-electron chi connectivity index (χ0n) is 11.4. The first-order chi connectivity index (χ1) is 9.52. The summed E-state index contributed by atoms with van der Waals surface area (Å²) in [6.07, 6.45) is 1.50. The van der Waals surface area contributed by atoms with E-state index in [9.17, 15) is 9.90 Å². The summed E-state index contributed by atoms with van der Waals surface area (Å²) >= 11 is 1.48. The molecule has 20 heavy (non-hydrogen) atoms. The third-order valence-corrected chi connectivity index (χ3v) is 3.54. The summed E-state index contributed by atoms with van der Waals surface area (Å²) in [4.78, 5) is 11.7. The summed E-state index contributed by atoms with van der Waals surface area (Å²) in [5, 5.41) is 20.0. The zero-order chi connectivity index (χ0) is 14.6. The second kappa shape index (κ2) is 6.11. The van der Waals surface area contributed by atoms with Gasteiger partial charge in [-0.1, -0.05) is 0 Å². The van der Waals surface area contributed by atoms with Crippen LogP contribution in [0, 0.1) is 0 Å². The molecule has 0 aromatic carbocycles. The molecule has 1 atom stereocenters. The Hall–Kier alpha value is -1.79. The minimum absolute atomic E-state index is 0.0350. The molecule has 3 N–H and O–H groups in total. The lowest BCUT2D eigenvalue weighted by Gasteiger charge is -2.26. The van der Waals surface area contributed by atoms with E-state index in [1.165, 1.54) is 17.6 Å². The van der Waals surface area contributed by atoms with Gasteiger partial charge >= 0.3 is 6.03 Å². The van der Waals surface area contributed by atoms with E-state index in [-0.39, 0.29) is 18.6 Å². The lowest BCUT2D eigenvalue weighted by molar-refractivity contribution is 0.0591. The van der Waals surface area contributed by atoms with Crippen LogP contribution >= 0.6 is 11.3 Å². The van der Waals surface area contributed by atoms with Gasteiger partial charge in [-0.05, 0) is 42.8 Å². The van der Waals surface area contributed by atoms with Crippen molar-refractivity contribution >= 4 is 17.4 Å². The largest absolute Gasteiger partial charge is 0.466 e. The molecule has 0 unspecified atom stereocenters. The van der Waals surface area contributed by atoms with Crippen LogP contribution in [-0.2, 0) is 5.60 Å². The minimum Gasteiger partial charge on any atom is -0.466 e. The summed E-state index contributed by atoms with van der Waals surface area (Å²) in [7, 11) is 0. The van der Waals surface area contributed by atoms with Crippen molar-refractivity contribution in [2.45, 2.75) is 25.5 Å². The van der Waals surface area contributed by atoms with Gasteiger partial charge in [-0.25, -0.2) is 4.79 Å². The van der Waals surface area contributed by atoms with Crippen LogP contribution < -0.4 is 10.6 Å². The van der Waals surface area contributed by atoms with Gasteiger partial charge in [-0.3, -0.25) is 0 Å². The fourth-order valence-corrected chi connectivity index (χ4v) is 2.59. The first-order valence-electron chi connectivity index (χ1n) is 6.36. The van der Waals surface area contributed by atoms with Crippen molar-refractivity contribution in [2.24, 2.45) is 0 Å². The lowest BCUT2D eigenvalue weighted by atomic mass is 9.93. The van der Waals surface area contributed by atoms with Crippen molar-refractivity contribution in [3.63, 3.8) is 0 Å². The Morgan fingerprint density at radius 2 is 2.30 bits per heavy atom. The number of carbonyl (C=O) groups excluding carboxylic acids is 1. The van der Waals surface area contributed by atoms with Crippen LogP contribution in [0.3, 0.4) is 0 Å². The number of amides is 2. The maximum Gasteiger partial charge on any atom is 0.315 e. The van der Waals surface area contributed by atoms with E-state index >= 15 is 0 Å². The average Bonchev–Trinajstić information content (AvgIpc) is 3.07. The molecule has 0 saturated heterocycles. The van der Waals surface area contributed by atoms with E-state index in [1.54, 1.807) is 12.1 Å². The highest BCUT2D eigenvalue weighted by molar-refractivity contribution is 7.08. The SMILES string of the molecule is CC(C)NC(=O)NC[C@@](O)(c1ccsc1)c1ccco1. The Bertz CT molecular complexity index is 501. The predicted octanol–water partition coefficient (Wildman–Crippen LogP) is 2.28. The molecular weight excluding hydrogens is 276 g/mol. The lowest BCUT2D eigenvalue weighted by Crippen LogP contribution is -2.46. The van der Waals surface area contributed by atoms with Crippen molar-refractivity contribution < 1.29 is 14.3 Å². The van der Waals surface area contributed by atoms with Crippen LogP contribution in [0.5, 0.6) is 0 Å². The molecule has 2 heterocycles. The van der Waals surface area contributed by atoms with E-state index in [1.807, 2.05) is 30.7 Å². The highest BCUT2D eigenvalue weighted by atomic mass is 32.1. The van der Waals surface area contributed by atoms with Crippen molar-refractivity contribution in [3.05, 3.63) is 46.5 Å². The molecule has 6 heteroatoms. The molecule has 0 aliphatic carbocycles. The van der Waals surface area contributed by atoms with Crippen LogP contribution in [0.2, 0.25) is 0 Å². The normalized spacial score (nSPS) is 14.0. The Labute approximate surface area is 121 Å². The average molecular weight is 294 g/mol. The van der Waals surface area contributed by atoms with Crippen molar-refractivity contribution in [1.82, 2.24) is 10.6 Å². The fraction of sp³-hybridized carbons (Fsp3) is 0.357. The number of nitrogens with one attached hydrogen (secondary N) is 2. The third-order valence-electron chi connectivity index (χ3n) is 2.85. The highest BCUT2D eigenvalue weighted by Gasteiger charge is 2.35. The summed E-state index contributed by atoms with van der Waals surface area (Å²) in [6, 6.07) is 4.93. The van der Waals surface area contributed by atoms with E-state index in [0.29, 0.717) is 11.3 Å². The Balaban J connectivity index is 2.15. The first kappa shape index (κ1) is 14.6. The smallest absolute Gasteiger partial charge is 0.315 e. The predicted molar refractivity (Wildman–Crippen MR) is 77.7 cm³/mol. The number of furan rings is 1. The molecule has 2 rings (SSSR count).